The number of rotatable bonds is 5. The molecular formula is C15H18N2O. The van der Waals surface area contributed by atoms with Crippen molar-refractivity contribution in [1.82, 2.24) is 4.98 Å². The van der Waals surface area contributed by atoms with Crippen LogP contribution in [0.4, 0.5) is 5.82 Å². The molecule has 94 valence electrons. The lowest BCUT2D eigenvalue weighted by atomic mass is 10.1. The van der Waals surface area contributed by atoms with Crippen molar-refractivity contribution in [2.75, 3.05) is 19.0 Å². The van der Waals surface area contributed by atoms with E-state index in [1.165, 1.54) is 11.1 Å². The van der Waals surface area contributed by atoms with E-state index in [1.54, 1.807) is 7.11 Å². The number of methoxy groups -OCH3 is 1. The van der Waals surface area contributed by atoms with Crippen LogP contribution in [0.2, 0.25) is 0 Å². The van der Waals surface area contributed by atoms with Gasteiger partial charge in [-0.15, -0.1) is 0 Å². The van der Waals surface area contributed by atoms with Crippen molar-refractivity contribution >= 4 is 5.82 Å². The number of aryl methyl sites for hydroxylation is 1. The summed E-state index contributed by atoms with van der Waals surface area (Å²) in [6.07, 6.45) is 0.987. The Labute approximate surface area is 108 Å². The van der Waals surface area contributed by atoms with Crippen LogP contribution in [-0.2, 0) is 6.42 Å². The highest BCUT2D eigenvalue weighted by atomic mass is 16.5. The number of pyridine rings is 1. The fourth-order valence-corrected chi connectivity index (χ4v) is 1.83. The zero-order chi connectivity index (χ0) is 12.8. The van der Waals surface area contributed by atoms with Crippen molar-refractivity contribution in [1.29, 1.82) is 0 Å². The van der Waals surface area contributed by atoms with Crippen LogP contribution in [0.1, 0.15) is 11.1 Å². The number of nitrogens with one attached hydrogen (secondary N) is 1. The molecule has 0 atom stereocenters. The number of hydrogen-bond acceptors (Lipinski definition) is 3. The van der Waals surface area contributed by atoms with E-state index in [1.807, 2.05) is 18.2 Å². The number of ether oxygens (including phenoxy) is 1. The van der Waals surface area contributed by atoms with E-state index in [9.17, 15) is 0 Å². The molecule has 18 heavy (non-hydrogen) atoms. The standard InChI is InChI=1S/C15H18N2O/c1-12-5-3-6-13(11-12)9-10-16-14-7-4-8-15(17-14)18-2/h3-8,11H,9-10H2,1-2H3,(H,16,17). The number of anilines is 1. The number of nitrogens with zero attached hydrogens (tertiary/aromatic N) is 1. The van der Waals surface area contributed by atoms with E-state index in [-0.39, 0.29) is 0 Å². The monoisotopic (exact) mass is 242 g/mol. The Balaban J connectivity index is 1.88. The number of benzene rings is 1. The van der Waals surface area contributed by atoms with Crippen molar-refractivity contribution in [2.45, 2.75) is 13.3 Å². The zero-order valence-corrected chi connectivity index (χ0v) is 10.8. The van der Waals surface area contributed by atoms with Gasteiger partial charge in [0, 0.05) is 12.6 Å². The van der Waals surface area contributed by atoms with E-state index >= 15 is 0 Å². The second-order valence-corrected chi connectivity index (χ2v) is 4.23. The van der Waals surface area contributed by atoms with Gasteiger partial charge in [0.05, 0.1) is 7.11 Å². The maximum atomic E-state index is 5.08. The quantitative estimate of drug-likeness (QED) is 0.875. The molecule has 0 fully saturated rings. The smallest absolute Gasteiger partial charge is 0.214 e. The first kappa shape index (κ1) is 12.4. The molecule has 0 bridgehead atoms. The first-order valence-electron chi connectivity index (χ1n) is 6.08. The zero-order valence-electron chi connectivity index (χ0n) is 10.8. The van der Waals surface area contributed by atoms with Gasteiger partial charge in [0.2, 0.25) is 5.88 Å². The summed E-state index contributed by atoms with van der Waals surface area (Å²) in [4.78, 5) is 4.31. The molecule has 2 rings (SSSR count). The summed E-state index contributed by atoms with van der Waals surface area (Å²) < 4.78 is 5.08. The predicted octanol–water partition coefficient (Wildman–Crippen LogP) is 3.05. The van der Waals surface area contributed by atoms with Crippen LogP contribution in [0.5, 0.6) is 5.88 Å². The fourth-order valence-electron chi connectivity index (χ4n) is 1.83. The molecule has 3 nitrogen and oxygen atoms in total. The molecule has 0 saturated heterocycles. The first-order chi connectivity index (χ1) is 8.78. The van der Waals surface area contributed by atoms with Crippen LogP contribution in [0.25, 0.3) is 0 Å². The van der Waals surface area contributed by atoms with Crippen molar-refractivity contribution in [3.05, 3.63) is 53.6 Å². The van der Waals surface area contributed by atoms with E-state index in [4.69, 9.17) is 4.74 Å². The summed E-state index contributed by atoms with van der Waals surface area (Å²) in [6.45, 7) is 2.98. The first-order valence-corrected chi connectivity index (χ1v) is 6.08. The number of aromatic nitrogens is 1. The highest BCUT2D eigenvalue weighted by Gasteiger charge is 1.97. The van der Waals surface area contributed by atoms with E-state index in [2.05, 4.69) is 41.5 Å². The minimum absolute atomic E-state index is 0.635. The minimum Gasteiger partial charge on any atom is -0.481 e. The molecule has 1 N–H and O–H groups in total. The lowest BCUT2D eigenvalue weighted by Gasteiger charge is -2.07. The van der Waals surface area contributed by atoms with Crippen molar-refractivity contribution in [3.63, 3.8) is 0 Å². The molecule has 0 amide bonds. The van der Waals surface area contributed by atoms with Gasteiger partial charge in [-0.2, -0.15) is 4.98 Å². The second kappa shape index (κ2) is 6.05. The maximum absolute atomic E-state index is 5.08. The highest BCUT2D eigenvalue weighted by Crippen LogP contribution is 2.11. The van der Waals surface area contributed by atoms with Gasteiger partial charge in [-0.1, -0.05) is 35.9 Å². The number of hydrogen-bond donors (Lipinski definition) is 1. The van der Waals surface area contributed by atoms with Crippen molar-refractivity contribution in [2.24, 2.45) is 0 Å². The Hall–Kier alpha value is -2.03. The Bertz CT molecular complexity index is 511. The summed E-state index contributed by atoms with van der Waals surface area (Å²) in [7, 11) is 1.62. The Kier molecular flexibility index (Phi) is 4.18. The molecule has 0 aliphatic carbocycles. The van der Waals surface area contributed by atoms with Gasteiger partial charge in [0.15, 0.2) is 0 Å². The molecule has 0 aliphatic rings. The highest BCUT2D eigenvalue weighted by molar-refractivity contribution is 5.37. The molecule has 0 aliphatic heterocycles. The van der Waals surface area contributed by atoms with Gasteiger partial charge >= 0.3 is 0 Å². The van der Waals surface area contributed by atoms with Gasteiger partial charge in [0.1, 0.15) is 5.82 Å². The molecule has 2 aromatic rings. The fraction of sp³-hybridized carbons (Fsp3) is 0.267. The molecule has 0 radical (unpaired) electrons. The SMILES string of the molecule is COc1cccc(NCCc2cccc(C)c2)n1. The third kappa shape index (κ3) is 3.48. The van der Waals surface area contributed by atoms with Gasteiger partial charge < -0.3 is 10.1 Å². The van der Waals surface area contributed by atoms with Crippen LogP contribution >= 0.6 is 0 Å². The molecule has 1 aromatic heterocycles. The summed E-state index contributed by atoms with van der Waals surface area (Å²) in [5.41, 5.74) is 2.64. The average Bonchev–Trinajstić information content (AvgIpc) is 2.39. The average molecular weight is 242 g/mol. The Morgan fingerprint density at radius 3 is 2.78 bits per heavy atom. The lowest BCUT2D eigenvalue weighted by Crippen LogP contribution is -2.06. The lowest BCUT2D eigenvalue weighted by molar-refractivity contribution is 0.398. The van der Waals surface area contributed by atoms with E-state index in [0.29, 0.717) is 5.88 Å². The Morgan fingerprint density at radius 2 is 2.00 bits per heavy atom. The second-order valence-electron chi connectivity index (χ2n) is 4.23. The molecular weight excluding hydrogens is 224 g/mol. The predicted molar refractivity (Wildman–Crippen MR) is 74.2 cm³/mol. The normalized spacial score (nSPS) is 10.1. The van der Waals surface area contributed by atoms with Gasteiger partial charge in [0.25, 0.3) is 0 Å². The van der Waals surface area contributed by atoms with Gasteiger partial charge in [-0.05, 0) is 25.0 Å². The molecule has 0 unspecified atom stereocenters. The molecule has 1 heterocycles. The summed E-state index contributed by atoms with van der Waals surface area (Å²) in [5, 5.41) is 3.30. The van der Waals surface area contributed by atoms with Crippen LogP contribution in [0.15, 0.2) is 42.5 Å². The third-order valence-corrected chi connectivity index (χ3v) is 2.73. The summed E-state index contributed by atoms with van der Waals surface area (Å²) >= 11 is 0. The third-order valence-electron chi connectivity index (χ3n) is 2.73. The van der Waals surface area contributed by atoms with Gasteiger partial charge in [-0.25, -0.2) is 0 Å². The van der Waals surface area contributed by atoms with Crippen LogP contribution in [0.3, 0.4) is 0 Å². The largest absolute Gasteiger partial charge is 0.481 e. The molecule has 0 spiro atoms. The van der Waals surface area contributed by atoms with Crippen LogP contribution in [0, 0.1) is 6.92 Å². The van der Waals surface area contributed by atoms with Crippen molar-refractivity contribution in [3.8, 4) is 5.88 Å². The van der Waals surface area contributed by atoms with E-state index < -0.39 is 0 Å². The molecule has 1 aromatic carbocycles. The summed E-state index contributed by atoms with van der Waals surface area (Å²) in [5.74, 6) is 1.48. The maximum Gasteiger partial charge on any atom is 0.214 e. The molecule has 0 saturated carbocycles. The summed E-state index contributed by atoms with van der Waals surface area (Å²) in [6, 6.07) is 14.3. The molecule has 3 heteroatoms. The Morgan fingerprint density at radius 1 is 1.17 bits per heavy atom. The topological polar surface area (TPSA) is 34.1 Å². The van der Waals surface area contributed by atoms with Gasteiger partial charge in [-0.3, -0.25) is 0 Å². The van der Waals surface area contributed by atoms with Crippen molar-refractivity contribution < 1.29 is 4.74 Å². The minimum atomic E-state index is 0.635. The van der Waals surface area contributed by atoms with E-state index in [0.717, 1.165) is 18.8 Å². The van der Waals surface area contributed by atoms with Crippen LogP contribution < -0.4 is 10.1 Å². The van der Waals surface area contributed by atoms with Crippen LogP contribution in [-0.4, -0.2) is 18.6 Å².